The van der Waals surface area contributed by atoms with Gasteiger partial charge in [-0.1, -0.05) is 6.42 Å². The molecule has 0 aliphatic heterocycles. The van der Waals surface area contributed by atoms with E-state index in [9.17, 15) is 4.39 Å². The normalized spacial score (nSPS) is 18.2. The van der Waals surface area contributed by atoms with E-state index in [1.54, 1.807) is 17.8 Å². The first-order valence-corrected chi connectivity index (χ1v) is 6.90. The third kappa shape index (κ3) is 1.76. The second-order valence-corrected chi connectivity index (χ2v) is 5.49. The fraction of sp³-hybridized carbons (Fsp3) is 0.538. The molecule has 3 heteroatoms. The molecule has 1 aliphatic carbocycles. The predicted molar refractivity (Wildman–Crippen MR) is 67.5 cm³/mol. The lowest BCUT2D eigenvalue weighted by molar-refractivity contribution is 0.244. The van der Waals surface area contributed by atoms with Crippen molar-refractivity contribution >= 4 is 11.8 Å². The molecule has 16 heavy (non-hydrogen) atoms. The Labute approximate surface area is 101 Å². The average Bonchev–Trinajstić information content (AvgIpc) is 2.20. The van der Waals surface area contributed by atoms with Crippen LogP contribution in [-0.4, -0.2) is 12.8 Å². The number of benzene rings is 1. The molecule has 0 heterocycles. The molecule has 0 atom stereocenters. The summed E-state index contributed by atoms with van der Waals surface area (Å²) >= 11 is 1.67. The number of hydrogen-bond donors (Lipinski definition) is 1. The van der Waals surface area contributed by atoms with Crippen LogP contribution in [0.15, 0.2) is 17.0 Å². The number of nitrogens with two attached hydrogens (primary N) is 1. The highest BCUT2D eigenvalue weighted by molar-refractivity contribution is 7.98. The first kappa shape index (κ1) is 11.9. The molecule has 2 N–H and O–H groups in total. The van der Waals surface area contributed by atoms with Gasteiger partial charge in [-0.15, -0.1) is 11.8 Å². The fourth-order valence-electron chi connectivity index (χ4n) is 2.47. The Morgan fingerprint density at radius 2 is 2.12 bits per heavy atom. The van der Waals surface area contributed by atoms with Crippen LogP contribution in [0.1, 0.15) is 30.4 Å². The Hall–Kier alpha value is -0.540. The van der Waals surface area contributed by atoms with E-state index < -0.39 is 0 Å². The maximum atomic E-state index is 14.0. The van der Waals surface area contributed by atoms with Crippen LogP contribution in [0.4, 0.5) is 4.39 Å². The van der Waals surface area contributed by atoms with Crippen molar-refractivity contribution in [3.63, 3.8) is 0 Å². The van der Waals surface area contributed by atoms with Crippen molar-refractivity contribution in [3.05, 3.63) is 29.1 Å². The Morgan fingerprint density at radius 3 is 2.56 bits per heavy atom. The van der Waals surface area contributed by atoms with E-state index in [0.717, 1.165) is 28.9 Å². The van der Waals surface area contributed by atoms with Crippen molar-refractivity contribution in [2.24, 2.45) is 5.73 Å². The summed E-state index contributed by atoms with van der Waals surface area (Å²) in [7, 11) is 0. The molecule has 1 fully saturated rings. The van der Waals surface area contributed by atoms with Crippen molar-refractivity contribution in [1.29, 1.82) is 0 Å². The van der Waals surface area contributed by atoms with Crippen molar-refractivity contribution < 1.29 is 4.39 Å². The molecule has 88 valence electrons. The van der Waals surface area contributed by atoms with Gasteiger partial charge in [-0.05, 0) is 49.3 Å². The van der Waals surface area contributed by atoms with Crippen molar-refractivity contribution in [1.82, 2.24) is 0 Å². The Morgan fingerprint density at radius 1 is 1.44 bits per heavy atom. The lowest BCUT2D eigenvalue weighted by Gasteiger charge is -2.42. The minimum Gasteiger partial charge on any atom is -0.330 e. The van der Waals surface area contributed by atoms with E-state index >= 15 is 0 Å². The molecular formula is C13H18FNS. The van der Waals surface area contributed by atoms with Crippen LogP contribution in [0, 0.1) is 12.7 Å². The van der Waals surface area contributed by atoms with E-state index in [-0.39, 0.29) is 11.2 Å². The summed E-state index contributed by atoms with van der Waals surface area (Å²) in [6, 6.07) is 3.65. The SMILES string of the molecule is CSc1cc(C2(CN)CCC2)c(F)cc1C. The molecule has 1 saturated carbocycles. The molecule has 1 aromatic carbocycles. The summed E-state index contributed by atoms with van der Waals surface area (Å²) in [5, 5.41) is 0. The summed E-state index contributed by atoms with van der Waals surface area (Å²) < 4.78 is 14.0. The minimum absolute atomic E-state index is 0.0811. The molecule has 2 rings (SSSR count). The maximum Gasteiger partial charge on any atom is 0.127 e. The first-order chi connectivity index (χ1) is 7.63. The van der Waals surface area contributed by atoms with Gasteiger partial charge in [0, 0.05) is 16.9 Å². The summed E-state index contributed by atoms with van der Waals surface area (Å²) in [6.07, 6.45) is 5.24. The second kappa shape index (κ2) is 4.38. The Kier molecular flexibility index (Phi) is 3.27. The Bertz CT molecular complexity index is 394. The second-order valence-electron chi connectivity index (χ2n) is 4.64. The molecule has 0 unspecified atom stereocenters. The van der Waals surface area contributed by atoms with Gasteiger partial charge >= 0.3 is 0 Å². The molecule has 0 amide bonds. The highest BCUT2D eigenvalue weighted by Crippen LogP contribution is 2.45. The summed E-state index contributed by atoms with van der Waals surface area (Å²) in [6.45, 7) is 2.51. The van der Waals surface area contributed by atoms with Gasteiger partial charge in [0.25, 0.3) is 0 Å². The molecule has 0 spiro atoms. The lowest BCUT2D eigenvalue weighted by Crippen LogP contribution is -2.42. The van der Waals surface area contributed by atoms with Crippen LogP contribution in [0.5, 0.6) is 0 Å². The van der Waals surface area contributed by atoms with Gasteiger partial charge in [-0.25, -0.2) is 4.39 Å². The lowest BCUT2D eigenvalue weighted by atomic mass is 9.64. The zero-order valence-electron chi connectivity index (χ0n) is 9.85. The molecule has 0 radical (unpaired) electrons. The largest absolute Gasteiger partial charge is 0.330 e. The zero-order valence-corrected chi connectivity index (χ0v) is 10.7. The number of aryl methyl sites for hydroxylation is 1. The molecule has 0 aromatic heterocycles. The van der Waals surface area contributed by atoms with Gasteiger partial charge in [0.05, 0.1) is 0 Å². The first-order valence-electron chi connectivity index (χ1n) is 5.67. The van der Waals surface area contributed by atoms with Gasteiger partial charge in [0.1, 0.15) is 5.82 Å². The number of thioether (sulfide) groups is 1. The molecular weight excluding hydrogens is 221 g/mol. The third-order valence-electron chi connectivity index (χ3n) is 3.76. The van der Waals surface area contributed by atoms with Gasteiger partial charge in [-0.3, -0.25) is 0 Å². The molecule has 0 saturated heterocycles. The fourth-order valence-corrected chi connectivity index (χ4v) is 3.08. The van der Waals surface area contributed by atoms with Gasteiger partial charge < -0.3 is 5.73 Å². The molecule has 1 aliphatic rings. The summed E-state index contributed by atoms with van der Waals surface area (Å²) in [5.74, 6) is -0.0829. The molecule has 1 aromatic rings. The van der Waals surface area contributed by atoms with Crippen LogP contribution in [0.2, 0.25) is 0 Å². The van der Waals surface area contributed by atoms with Crippen molar-refractivity contribution in [3.8, 4) is 0 Å². The van der Waals surface area contributed by atoms with Gasteiger partial charge in [0.15, 0.2) is 0 Å². The number of rotatable bonds is 3. The number of halogens is 1. The maximum absolute atomic E-state index is 14.0. The molecule has 1 nitrogen and oxygen atoms in total. The van der Waals surface area contributed by atoms with Crippen molar-refractivity contribution in [2.75, 3.05) is 12.8 Å². The van der Waals surface area contributed by atoms with E-state index in [1.807, 2.05) is 19.2 Å². The van der Waals surface area contributed by atoms with Crippen LogP contribution in [0.3, 0.4) is 0 Å². The Balaban J connectivity index is 2.47. The summed E-state index contributed by atoms with van der Waals surface area (Å²) in [4.78, 5) is 1.16. The zero-order chi connectivity index (χ0) is 11.8. The van der Waals surface area contributed by atoms with E-state index in [2.05, 4.69) is 0 Å². The van der Waals surface area contributed by atoms with Crippen LogP contribution in [-0.2, 0) is 5.41 Å². The monoisotopic (exact) mass is 239 g/mol. The van der Waals surface area contributed by atoms with Crippen LogP contribution >= 0.6 is 11.8 Å². The minimum atomic E-state index is -0.0829. The van der Waals surface area contributed by atoms with Crippen molar-refractivity contribution in [2.45, 2.75) is 36.5 Å². The number of hydrogen-bond acceptors (Lipinski definition) is 2. The van der Waals surface area contributed by atoms with Crippen LogP contribution < -0.4 is 5.73 Å². The topological polar surface area (TPSA) is 26.0 Å². The predicted octanol–water partition coefficient (Wildman–Crippen LogP) is 3.24. The average molecular weight is 239 g/mol. The van der Waals surface area contributed by atoms with E-state index in [1.165, 1.54) is 6.42 Å². The summed E-state index contributed by atoms with van der Waals surface area (Å²) in [5.41, 5.74) is 7.59. The highest BCUT2D eigenvalue weighted by Gasteiger charge is 2.39. The quantitative estimate of drug-likeness (QED) is 0.819. The van der Waals surface area contributed by atoms with Gasteiger partial charge in [0.2, 0.25) is 0 Å². The standard InChI is InChI=1S/C13H18FNS/c1-9-6-11(14)10(7-12(9)16-2)13(8-15)4-3-5-13/h6-7H,3-5,8,15H2,1-2H3. The van der Waals surface area contributed by atoms with Gasteiger partial charge in [-0.2, -0.15) is 0 Å². The van der Waals surface area contributed by atoms with E-state index in [0.29, 0.717) is 6.54 Å². The smallest absolute Gasteiger partial charge is 0.127 e. The third-order valence-corrected chi connectivity index (χ3v) is 4.64. The highest BCUT2D eigenvalue weighted by atomic mass is 32.2. The molecule has 0 bridgehead atoms. The van der Waals surface area contributed by atoms with Crippen LogP contribution in [0.25, 0.3) is 0 Å². The van der Waals surface area contributed by atoms with E-state index in [4.69, 9.17) is 5.73 Å².